The number of nitrogens with one attached hydrogen (secondary N) is 1. The molecule has 0 saturated carbocycles. The van der Waals surface area contributed by atoms with E-state index in [1.165, 1.54) is 42.7 Å². The van der Waals surface area contributed by atoms with Crippen LogP contribution in [0.4, 0.5) is 11.6 Å². The molecule has 1 aliphatic rings. The molecule has 5 N–H and O–H groups in total. The van der Waals surface area contributed by atoms with E-state index >= 15 is 0 Å². The number of nitrogens with zero attached hydrogens (tertiary/aromatic N) is 2. The summed E-state index contributed by atoms with van der Waals surface area (Å²) < 4.78 is 0. The highest BCUT2D eigenvalue weighted by atomic mass is 32.2. The molecule has 1 heterocycles. The van der Waals surface area contributed by atoms with Crippen LogP contribution in [0.2, 0.25) is 0 Å². The minimum Gasteiger partial charge on any atom is -0.383 e. The number of hydrogen-bond acceptors (Lipinski definition) is 6. The Labute approximate surface area is 135 Å². The molecule has 22 heavy (non-hydrogen) atoms. The van der Waals surface area contributed by atoms with Crippen LogP contribution in [0.5, 0.6) is 0 Å². The van der Waals surface area contributed by atoms with Gasteiger partial charge >= 0.3 is 0 Å². The highest BCUT2D eigenvalue weighted by molar-refractivity contribution is 8.00. The van der Waals surface area contributed by atoms with E-state index in [-0.39, 0.29) is 11.2 Å². The van der Waals surface area contributed by atoms with Crippen LogP contribution in [-0.2, 0) is 4.79 Å². The maximum absolute atomic E-state index is 12.1. The van der Waals surface area contributed by atoms with E-state index in [0.717, 1.165) is 12.8 Å². The van der Waals surface area contributed by atoms with Gasteiger partial charge in [-0.25, -0.2) is 9.97 Å². The van der Waals surface area contributed by atoms with E-state index < -0.39 is 0 Å². The molecule has 0 bridgehead atoms. The molecular formula is C15H23N5OS. The number of nitrogen functional groups attached to an aromatic ring is 2. The molecule has 0 aliphatic heterocycles. The molecule has 0 aromatic carbocycles. The summed E-state index contributed by atoms with van der Waals surface area (Å²) in [6.07, 6.45) is 8.12. The minimum absolute atomic E-state index is 0.0222. The number of rotatable bonds is 6. The zero-order valence-corrected chi connectivity index (χ0v) is 13.7. The van der Waals surface area contributed by atoms with Gasteiger partial charge in [0.05, 0.1) is 5.25 Å². The summed E-state index contributed by atoms with van der Waals surface area (Å²) in [5.74, 6) is 0.602. The van der Waals surface area contributed by atoms with Crippen LogP contribution >= 0.6 is 11.8 Å². The number of amides is 1. The van der Waals surface area contributed by atoms with E-state index in [9.17, 15) is 4.79 Å². The van der Waals surface area contributed by atoms with Crippen LogP contribution in [0.3, 0.4) is 0 Å². The quantitative estimate of drug-likeness (QED) is 0.421. The molecule has 0 radical (unpaired) electrons. The molecule has 0 unspecified atom stereocenters. The molecule has 0 saturated heterocycles. The smallest absolute Gasteiger partial charge is 0.233 e. The molecule has 7 heteroatoms. The monoisotopic (exact) mass is 321 g/mol. The first kappa shape index (κ1) is 16.6. The SMILES string of the molecule is C[C@H](Sc1nc(N)cc(N)n1)C(=O)NCCC1=CCCCC1. The van der Waals surface area contributed by atoms with Gasteiger partial charge in [0, 0.05) is 12.6 Å². The second-order valence-electron chi connectivity index (χ2n) is 5.41. The molecule has 0 spiro atoms. The van der Waals surface area contributed by atoms with Crippen molar-refractivity contribution in [3.05, 3.63) is 17.7 Å². The van der Waals surface area contributed by atoms with Crippen molar-refractivity contribution in [3.63, 3.8) is 0 Å². The fourth-order valence-electron chi connectivity index (χ4n) is 2.35. The second-order valence-corrected chi connectivity index (χ2v) is 6.72. The van der Waals surface area contributed by atoms with Crippen molar-refractivity contribution in [2.75, 3.05) is 18.0 Å². The second kappa shape index (κ2) is 8.03. The number of thioether (sulfide) groups is 1. The van der Waals surface area contributed by atoms with Crippen LogP contribution in [-0.4, -0.2) is 27.7 Å². The number of hydrogen-bond donors (Lipinski definition) is 3. The van der Waals surface area contributed by atoms with Crippen LogP contribution in [0.25, 0.3) is 0 Å². The number of carbonyl (C=O) groups is 1. The van der Waals surface area contributed by atoms with E-state index in [4.69, 9.17) is 11.5 Å². The Balaban J connectivity index is 1.77. The summed E-state index contributed by atoms with van der Waals surface area (Å²) in [5.41, 5.74) is 12.7. The van der Waals surface area contributed by atoms with Crippen molar-refractivity contribution in [1.29, 1.82) is 0 Å². The fourth-order valence-corrected chi connectivity index (χ4v) is 3.17. The molecule has 1 aromatic rings. The summed E-state index contributed by atoms with van der Waals surface area (Å²) >= 11 is 1.26. The van der Waals surface area contributed by atoms with Gasteiger partial charge in [-0.3, -0.25) is 4.79 Å². The van der Waals surface area contributed by atoms with E-state index in [1.807, 2.05) is 6.92 Å². The van der Waals surface area contributed by atoms with Gasteiger partial charge in [0.15, 0.2) is 5.16 Å². The first-order valence-corrected chi connectivity index (χ1v) is 8.45. The van der Waals surface area contributed by atoms with Gasteiger partial charge in [0.1, 0.15) is 11.6 Å². The average molecular weight is 321 g/mol. The largest absolute Gasteiger partial charge is 0.383 e. The standard InChI is InChI=1S/C15H23N5OS/c1-10(22-15-19-12(16)9-13(17)20-15)14(21)18-8-7-11-5-3-2-4-6-11/h5,9-10H,2-4,6-8H2,1H3,(H,18,21)(H4,16,17,19,20)/t10-/m0/s1. The summed E-state index contributed by atoms with van der Waals surface area (Å²) in [5, 5.41) is 3.10. The topological polar surface area (TPSA) is 107 Å². The Hall–Kier alpha value is -1.76. The molecule has 0 fully saturated rings. The Morgan fingerprint density at radius 3 is 2.73 bits per heavy atom. The van der Waals surface area contributed by atoms with Crippen molar-refractivity contribution >= 4 is 29.3 Å². The summed E-state index contributed by atoms with van der Waals surface area (Å²) in [6.45, 7) is 2.50. The normalized spacial score (nSPS) is 16.0. The lowest BCUT2D eigenvalue weighted by molar-refractivity contribution is -0.120. The molecule has 1 aromatic heterocycles. The lowest BCUT2D eigenvalue weighted by atomic mass is 9.97. The first-order chi connectivity index (χ1) is 10.5. The van der Waals surface area contributed by atoms with Gasteiger partial charge in [0.2, 0.25) is 5.91 Å². The third-order valence-corrected chi connectivity index (χ3v) is 4.49. The number of allylic oxidation sites excluding steroid dienone is 1. The van der Waals surface area contributed by atoms with E-state index in [0.29, 0.717) is 23.3 Å². The molecule has 1 aliphatic carbocycles. The molecule has 2 rings (SSSR count). The third kappa shape index (κ3) is 5.22. The summed E-state index contributed by atoms with van der Waals surface area (Å²) in [6, 6.07) is 1.49. The maximum Gasteiger partial charge on any atom is 0.233 e. The van der Waals surface area contributed by atoms with Crippen molar-refractivity contribution < 1.29 is 4.79 Å². The summed E-state index contributed by atoms with van der Waals surface area (Å²) in [4.78, 5) is 20.2. The minimum atomic E-state index is -0.290. The lowest BCUT2D eigenvalue weighted by Gasteiger charge is -2.14. The van der Waals surface area contributed by atoms with Gasteiger partial charge < -0.3 is 16.8 Å². The first-order valence-electron chi connectivity index (χ1n) is 7.57. The lowest BCUT2D eigenvalue weighted by Crippen LogP contribution is -2.32. The van der Waals surface area contributed by atoms with Gasteiger partial charge in [-0.1, -0.05) is 23.4 Å². The van der Waals surface area contributed by atoms with Gasteiger partial charge in [-0.05, 0) is 39.0 Å². The maximum atomic E-state index is 12.1. The van der Waals surface area contributed by atoms with Crippen LogP contribution < -0.4 is 16.8 Å². The van der Waals surface area contributed by atoms with Crippen molar-refractivity contribution in [2.24, 2.45) is 0 Å². The highest BCUT2D eigenvalue weighted by Gasteiger charge is 2.16. The molecule has 120 valence electrons. The third-order valence-electron chi connectivity index (χ3n) is 3.53. The highest BCUT2D eigenvalue weighted by Crippen LogP contribution is 2.22. The molecular weight excluding hydrogens is 298 g/mol. The Morgan fingerprint density at radius 1 is 1.36 bits per heavy atom. The Bertz CT molecular complexity index is 541. The molecule has 1 amide bonds. The Morgan fingerprint density at radius 2 is 2.09 bits per heavy atom. The molecule has 6 nitrogen and oxygen atoms in total. The van der Waals surface area contributed by atoms with Crippen molar-refractivity contribution in [3.8, 4) is 0 Å². The number of nitrogens with two attached hydrogens (primary N) is 2. The summed E-state index contributed by atoms with van der Waals surface area (Å²) in [7, 11) is 0. The van der Waals surface area contributed by atoms with Crippen LogP contribution in [0.15, 0.2) is 22.9 Å². The predicted molar refractivity (Wildman–Crippen MR) is 90.4 cm³/mol. The van der Waals surface area contributed by atoms with Gasteiger partial charge in [0.25, 0.3) is 0 Å². The van der Waals surface area contributed by atoms with E-state index in [1.54, 1.807) is 0 Å². The van der Waals surface area contributed by atoms with Crippen molar-refractivity contribution in [2.45, 2.75) is 49.4 Å². The van der Waals surface area contributed by atoms with Crippen LogP contribution in [0, 0.1) is 0 Å². The van der Waals surface area contributed by atoms with Gasteiger partial charge in [-0.15, -0.1) is 0 Å². The predicted octanol–water partition coefficient (Wildman–Crippen LogP) is 2.13. The van der Waals surface area contributed by atoms with Crippen LogP contribution in [0.1, 0.15) is 39.0 Å². The average Bonchev–Trinajstić information content (AvgIpc) is 2.47. The fraction of sp³-hybridized carbons (Fsp3) is 0.533. The zero-order valence-electron chi connectivity index (χ0n) is 12.8. The molecule has 1 atom stereocenters. The number of anilines is 2. The van der Waals surface area contributed by atoms with E-state index in [2.05, 4.69) is 21.4 Å². The number of carbonyl (C=O) groups excluding carboxylic acids is 1. The van der Waals surface area contributed by atoms with Crippen molar-refractivity contribution in [1.82, 2.24) is 15.3 Å². The zero-order chi connectivity index (χ0) is 15.9. The van der Waals surface area contributed by atoms with Gasteiger partial charge in [-0.2, -0.15) is 0 Å². The number of aromatic nitrogens is 2. The Kier molecular flexibility index (Phi) is 6.06.